The molecule has 0 atom stereocenters. The fourth-order valence-corrected chi connectivity index (χ4v) is 8.21. The number of ether oxygens (including phenoxy) is 1. The van der Waals surface area contributed by atoms with Crippen molar-refractivity contribution in [2.24, 2.45) is 4.99 Å². The molecule has 0 unspecified atom stereocenters. The van der Waals surface area contributed by atoms with Gasteiger partial charge in [0.05, 0.1) is 5.54 Å². The second-order valence-corrected chi connectivity index (χ2v) is 13.1. The SMILES string of the molecule is CC1(C)COC(c2ccc3ccccc3c2-c2c(P(c3ccccc3)c3ccccc3)ccc3ccccc23)=N1. The quantitative estimate of drug-likeness (QED) is 0.205. The summed E-state index contributed by atoms with van der Waals surface area (Å²) < 4.78 is 6.30. The zero-order valence-corrected chi connectivity index (χ0v) is 23.6. The Labute approximate surface area is 236 Å². The molecule has 6 aromatic carbocycles. The van der Waals surface area contributed by atoms with Gasteiger partial charge < -0.3 is 4.74 Å². The maximum absolute atomic E-state index is 6.30. The van der Waals surface area contributed by atoms with E-state index in [1.165, 1.54) is 48.6 Å². The van der Waals surface area contributed by atoms with E-state index in [1.54, 1.807) is 0 Å². The first kappa shape index (κ1) is 24.8. The average molecular weight is 536 g/mol. The molecule has 1 aliphatic rings. The lowest BCUT2D eigenvalue weighted by atomic mass is 9.90. The Bertz CT molecular complexity index is 1840. The molecule has 0 aliphatic carbocycles. The van der Waals surface area contributed by atoms with Crippen molar-refractivity contribution in [2.45, 2.75) is 19.4 Å². The summed E-state index contributed by atoms with van der Waals surface area (Å²) in [6.45, 7) is 4.85. The second-order valence-electron chi connectivity index (χ2n) is 10.9. The molecule has 1 aliphatic heterocycles. The molecule has 40 heavy (non-hydrogen) atoms. The van der Waals surface area contributed by atoms with Gasteiger partial charge in [-0.2, -0.15) is 0 Å². The van der Waals surface area contributed by atoms with Crippen LogP contribution in [0.15, 0.2) is 138 Å². The first-order chi connectivity index (χ1) is 19.6. The molecular formula is C37H30NOP. The van der Waals surface area contributed by atoms with E-state index in [1.807, 2.05) is 0 Å². The minimum absolute atomic E-state index is 0.249. The molecule has 2 nitrogen and oxygen atoms in total. The minimum atomic E-state index is -0.843. The zero-order valence-electron chi connectivity index (χ0n) is 22.7. The number of hydrogen-bond acceptors (Lipinski definition) is 2. The van der Waals surface area contributed by atoms with Gasteiger partial charge in [0.15, 0.2) is 0 Å². The van der Waals surface area contributed by atoms with E-state index in [2.05, 4.69) is 147 Å². The van der Waals surface area contributed by atoms with Gasteiger partial charge in [-0.3, -0.25) is 0 Å². The van der Waals surface area contributed by atoms with E-state index >= 15 is 0 Å². The number of rotatable bonds is 5. The van der Waals surface area contributed by atoms with Crippen molar-refractivity contribution in [3.8, 4) is 11.1 Å². The molecule has 0 fully saturated rings. The van der Waals surface area contributed by atoms with Crippen LogP contribution in [0.25, 0.3) is 32.7 Å². The van der Waals surface area contributed by atoms with E-state index in [0.29, 0.717) is 6.61 Å². The van der Waals surface area contributed by atoms with Crippen molar-refractivity contribution in [3.05, 3.63) is 139 Å². The first-order valence-corrected chi connectivity index (χ1v) is 15.1. The number of hydrogen-bond donors (Lipinski definition) is 0. The van der Waals surface area contributed by atoms with Crippen LogP contribution in [0.2, 0.25) is 0 Å². The Balaban J connectivity index is 1.63. The number of benzene rings is 6. The third-order valence-corrected chi connectivity index (χ3v) is 10.0. The standard InChI is InChI=1S/C37H30NOP/c1-37(2)25-39-36(38-37)32-23-21-26-13-9-11-19-30(26)34(32)35-31-20-12-10-14-27(31)22-24-33(35)40(28-15-5-3-6-16-28)29-17-7-4-8-18-29/h3-24H,25H2,1-2H3. The van der Waals surface area contributed by atoms with Crippen LogP contribution in [0.1, 0.15) is 19.4 Å². The van der Waals surface area contributed by atoms with E-state index in [4.69, 9.17) is 9.73 Å². The topological polar surface area (TPSA) is 21.6 Å². The molecule has 0 N–H and O–H groups in total. The maximum atomic E-state index is 6.30. The fourth-order valence-electron chi connectivity index (χ4n) is 5.73. The van der Waals surface area contributed by atoms with Crippen LogP contribution in [0, 0.1) is 0 Å². The van der Waals surface area contributed by atoms with Gasteiger partial charge in [-0.25, -0.2) is 4.99 Å². The van der Waals surface area contributed by atoms with Crippen molar-refractivity contribution < 1.29 is 4.74 Å². The molecule has 7 rings (SSSR count). The van der Waals surface area contributed by atoms with Crippen molar-refractivity contribution >= 4 is 51.3 Å². The summed E-state index contributed by atoms with van der Waals surface area (Å²) in [5.41, 5.74) is 3.26. The number of aliphatic imine (C=N–C) groups is 1. The summed E-state index contributed by atoms with van der Waals surface area (Å²) in [7, 11) is -0.843. The van der Waals surface area contributed by atoms with Crippen molar-refractivity contribution in [1.82, 2.24) is 0 Å². The largest absolute Gasteiger partial charge is 0.475 e. The second kappa shape index (κ2) is 10.0. The highest BCUT2D eigenvalue weighted by Gasteiger charge is 2.31. The third kappa shape index (κ3) is 4.39. The molecule has 0 aromatic heterocycles. The van der Waals surface area contributed by atoms with Gasteiger partial charge in [0.25, 0.3) is 0 Å². The molecular weight excluding hydrogens is 505 g/mol. The summed E-state index contributed by atoms with van der Waals surface area (Å²) in [6, 6.07) is 48.4. The molecule has 0 radical (unpaired) electrons. The van der Waals surface area contributed by atoms with Gasteiger partial charge in [0.1, 0.15) is 6.61 Å². The zero-order chi connectivity index (χ0) is 27.1. The summed E-state index contributed by atoms with van der Waals surface area (Å²) in [4.78, 5) is 5.05. The van der Waals surface area contributed by atoms with Crippen LogP contribution in [0.4, 0.5) is 0 Å². The smallest absolute Gasteiger partial charge is 0.217 e. The van der Waals surface area contributed by atoms with Crippen LogP contribution in [-0.4, -0.2) is 18.0 Å². The maximum Gasteiger partial charge on any atom is 0.217 e. The average Bonchev–Trinajstić information content (AvgIpc) is 3.37. The number of nitrogens with zero attached hydrogens (tertiary/aromatic N) is 1. The third-order valence-electron chi connectivity index (χ3n) is 7.55. The van der Waals surface area contributed by atoms with Crippen LogP contribution in [0.5, 0.6) is 0 Å². The van der Waals surface area contributed by atoms with Gasteiger partial charge in [-0.05, 0) is 70.9 Å². The molecule has 0 amide bonds. The van der Waals surface area contributed by atoms with E-state index in [-0.39, 0.29) is 5.54 Å². The molecule has 0 bridgehead atoms. The molecule has 1 heterocycles. The summed E-state index contributed by atoms with van der Waals surface area (Å²) in [6.07, 6.45) is 0. The number of fused-ring (bicyclic) bond motifs is 2. The Morgan fingerprint density at radius 3 is 1.68 bits per heavy atom. The summed E-state index contributed by atoms with van der Waals surface area (Å²) in [5.74, 6) is 0.730. The highest BCUT2D eigenvalue weighted by Crippen LogP contribution is 2.44. The molecule has 3 heteroatoms. The van der Waals surface area contributed by atoms with Gasteiger partial charge in [-0.15, -0.1) is 0 Å². The van der Waals surface area contributed by atoms with Gasteiger partial charge in [-0.1, -0.05) is 127 Å². The lowest BCUT2D eigenvalue weighted by molar-refractivity contribution is 0.279. The Morgan fingerprint density at radius 1 is 0.575 bits per heavy atom. The van der Waals surface area contributed by atoms with E-state index in [0.717, 1.165) is 11.5 Å². The van der Waals surface area contributed by atoms with E-state index in [9.17, 15) is 0 Å². The van der Waals surface area contributed by atoms with Gasteiger partial charge >= 0.3 is 0 Å². The monoisotopic (exact) mass is 535 g/mol. The normalized spacial score (nSPS) is 14.4. The van der Waals surface area contributed by atoms with Crippen LogP contribution in [0.3, 0.4) is 0 Å². The van der Waals surface area contributed by atoms with Gasteiger partial charge in [0, 0.05) is 11.1 Å². The molecule has 194 valence electrons. The highest BCUT2D eigenvalue weighted by atomic mass is 31.1. The molecule has 6 aromatic rings. The lowest BCUT2D eigenvalue weighted by Gasteiger charge is -2.25. The van der Waals surface area contributed by atoms with Crippen molar-refractivity contribution in [1.29, 1.82) is 0 Å². The Hall–Kier alpha value is -4.26. The fraction of sp³-hybridized carbons (Fsp3) is 0.108. The van der Waals surface area contributed by atoms with Crippen molar-refractivity contribution in [3.63, 3.8) is 0 Å². The van der Waals surface area contributed by atoms with Crippen molar-refractivity contribution in [2.75, 3.05) is 6.61 Å². The Morgan fingerprint density at radius 2 is 1.10 bits per heavy atom. The summed E-state index contributed by atoms with van der Waals surface area (Å²) >= 11 is 0. The van der Waals surface area contributed by atoms with Crippen LogP contribution in [-0.2, 0) is 4.74 Å². The predicted octanol–water partition coefficient (Wildman–Crippen LogP) is 7.97. The molecule has 0 saturated carbocycles. The first-order valence-electron chi connectivity index (χ1n) is 13.8. The summed E-state index contributed by atoms with van der Waals surface area (Å²) in [5, 5.41) is 8.89. The molecule has 0 spiro atoms. The lowest BCUT2D eigenvalue weighted by Crippen LogP contribution is -2.23. The Kier molecular flexibility index (Phi) is 6.22. The highest BCUT2D eigenvalue weighted by molar-refractivity contribution is 7.80. The minimum Gasteiger partial charge on any atom is -0.475 e. The van der Waals surface area contributed by atoms with Gasteiger partial charge in [0.2, 0.25) is 5.90 Å². The van der Waals surface area contributed by atoms with E-state index < -0.39 is 7.92 Å². The molecule has 0 saturated heterocycles. The van der Waals surface area contributed by atoms with Crippen LogP contribution < -0.4 is 15.9 Å². The van der Waals surface area contributed by atoms with Crippen LogP contribution >= 0.6 is 7.92 Å². The predicted molar refractivity (Wildman–Crippen MR) is 172 cm³/mol.